The van der Waals surface area contributed by atoms with Gasteiger partial charge in [0.25, 0.3) is 0 Å². The third-order valence-electron chi connectivity index (χ3n) is 2.01. The Bertz CT molecular complexity index is 271. The highest BCUT2D eigenvalue weighted by Gasteiger charge is 1.88. The molecule has 0 aliphatic rings. The van der Waals surface area contributed by atoms with Crippen LogP contribution >= 0.6 is 0 Å². The lowest BCUT2D eigenvalue weighted by molar-refractivity contribution is 0.717. The van der Waals surface area contributed by atoms with Crippen molar-refractivity contribution >= 4 is 15.5 Å². The third kappa shape index (κ3) is 12.8. The first-order valence-corrected chi connectivity index (χ1v) is 5.92. The fourth-order valence-electron chi connectivity index (χ4n) is 1.14. The van der Waals surface area contributed by atoms with Crippen molar-refractivity contribution in [3.05, 3.63) is 48.7 Å². The molecule has 3 radical (unpaired) electrons. The Kier molecular flexibility index (Phi) is 12.0. The summed E-state index contributed by atoms with van der Waals surface area (Å²) >= 11 is 0. The molecule has 0 fully saturated rings. The second-order valence-electron chi connectivity index (χ2n) is 3.58. The molecule has 0 aromatic heterocycles. The average Bonchev–Trinajstić information content (AvgIpc) is 2.32. The molecular formula is C13H21B2N2. The van der Waals surface area contributed by atoms with E-state index in [1.807, 2.05) is 25.0 Å². The highest BCUT2D eigenvalue weighted by molar-refractivity contribution is 6.39. The van der Waals surface area contributed by atoms with E-state index in [1.165, 1.54) is 0 Å². The zero-order valence-electron chi connectivity index (χ0n) is 10.8. The molecule has 0 unspecified atom stereocenters. The standard InChI is InChI=1S/C13H21B2N2/c1-3-4-5-6-7-8-9-10-11-12-13-17(2)15-16-14/h3-4,6-9,12-13,16H,5,10-11H2,1-2H3/b4-3-,7-6-,9-8-,13-12-. The summed E-state index contributed by atoms with van der Waals surface area (Å²) in [5, 5.41) is 2.47. The number of nitrogens with zero attached hydrogens (tertiary/aromatic N) is 1. The molecule has 0 saturated heterocycles. The van der Waals surface area contributed by atoms with Gasteiger partial charge in [0.05, 0.1) is 0 Å². The van der Waals surface area contributed by atoms with E-state index in [0.717, 1.165) is 19.3 Å². The number of unbranched alkanes of at least 4 members (excludes halogenated alkanes) is 1. The minimum atomic E-state index is 1.01. The molecule has 89 valence electrons. The Balaban J connectivity index is 3.50. The summed E-state index contributed by atoms with van der Waals surface area (Å²) in [6.07, 6.45) is 19.9. The first-order valence-electron chi connectivity index (χ1n) is 5.92. The van der Waals surface area contributed by atoms with Gasteiger partial charge in [0.15, 0.2) is 7.98 Å². The normalized spacial score (nSPS) is 12.4. The topological polar surface area (TPSA) is 15.3 Å². The van der Waals surface area contributed by atoms with Gasteiger partial charge in [-0.15, -0.1) is 0 Å². The molecule has 0 bridgehead atoms. The summed E-state index contributed by atoms with van der Waals surface area (Å²) in [6, 6.07) is 0. The van der Waals surface area contributed by atoms with Gasteiger partial charge in [-0.05, 0) is 39.4 Å². The van der Waals surface area contributed by atoms with Crippen LogP contribution in [0.1, 0.15) is 26.2 Å². The molecule has 0 amide bonds. The van der Waals surface area contributed by atoms with Gasteiger partial charge in [0, 0.05) is 0 Å². The molecule has 1 N–H and O–H groups in total. The van der Waals surface area contributed by atoms with E-state index in [1.54, 1.807) is 7.55 Å². The summed E-state index contributed by atoms with van der Waals surface area (Å²) < 4.78 is 0. The maximum atomic E-state index is 5.14. The van der Waals surface area contributed by atoms with Gasteiger partial charge in [-0.3, -0.25) is 0 Å². The summed E-state index contributed by atoms with van der Waals surface area (Å²) in [7, 11) is 8.76. The maximum Gasteiger partial charge on any atom is 0.335 e. The van der Waals surface area contributed by atoms with E-state index in [-0.39, 0.29) is 0 Å². The molecule has 0 rings (SSSR count). The number of nitrogens with one attached hydrogen (secondary N) is 1. The molecule has 0 aromatic carbocycles. The smallest absolute Gasteiger partial charge is 0.335 e. The molecule has 17 heavy (non-hydrogen) atoms. The molecule has 0 aliphatic heterocycles. The lowest BCUT2D eigenvalue weighted by Crippen LogP contribution is -2.29. The van der Waals surface area contributed by atoms with Crippen LogP contribution in [0, 0.1) is 0 Å². The molecule has 0 spiro atoms. The van der Waals surface area contributed by atoms with Crippen LogP contribution in [0.15, 0.2) is 48.7 Å². The maximum absolute atomic E-state index is 5.14. The van der Waals surface area contributed by atoms with Crippen LogP contribution in [-0.2, 0) is 0 Å². The molecule has 0 saturated carbocycles. The molecule has 4 heteroatoms. The molecular weight excluding hydrogens is 206 g/mol. The minimum absolute atomic E-state index is 1.01. The van der Waals surface area contributed by atoms with E-state index in [0.29, 0.717) is 0 Å². The van der Waals surface area contributed by atoms with Gasteiger partial charge < -0.3 is 9.95 Å². The minimum Gasteiger partial charge on any atom is -0.414 e. The quantitative estimate of drug-likeness (QED) is 0.281. The monoisotopic (exact) mass is 227 g/mol. The summed E-state index contributed by atoms with van der Waals surface area (Å²) in [5.74, 6) is 0. The number of hydrogen-bond acceptors (Lipinski definition) is 2. The SMILES string of the molecule is [B]N[B]N(C)/C=C\CC/C=C\C=C/C/C=C\C. The highest BCUT2D eigenvalue weighted by atomic mass is 15.0. The van der Waals surface area contributed by atoms with E-state index >= 15 is 0 Å². The van der Waals surface area contributed by atoms with Crippen molar-refractivity contribution in [1.82, 2.24) is 9.95 Å². The fraction of sp³-hybridized carbons (Fsp3) is 0.385. The predicted molar refractivity (Wildman–Crippen MR) is 78.5 cm³/mol. The van der Waals surface area contributed by atoms with Crippen molar-refractivity contribution in [1.29, 1.82) is 0 Å². The van der Waals surface area contributed by atoms with Crippen LogP contribution in [0.3, 0.4) is 0 Å². The van der Waals surface area contributed by atoms with Crippen LogP contribution in [-0.4, -0.2) is 27.4 Å². The second-order valence-corrected chi connectivity index (χ2v) is 3.58. The molecule has 0 aromatic rings. The van der Waals surface area contributed by atoms with Crippen LogP contribution in [0.4, 0.5) is 0 Å². The lowest BCUT2D eigenvalue weighted by Gasteiger charge is -2.09. The Labute approximate surface area is 108 Å². The van der Waals surface area contributed by atoms with Crippen molar-refractivity contribution in [2.45, 2.75) is 26.2 Å². The van der Waals surface area contributed by atoms with Crippen molar-refractivity contribution in [3.8, 4) is 0 Å². The van der Waals surface area contributed by atoms with Crippen LogP contribution < -0.4 is 5.14 Å². The highest BCUT2D eigenvalue weighted by Crippen LogP contribution is 1.95. The third-order valence-corrected chi connectivity index (χ3v) is 2.01. The lowest BCUT2D eigenvalue weighted by atomic mass is 10.1. The van der Waals surface area contributed by atoms with E-state index in [9.17, 15) is 0 Å². The van der Waals surface area contributed by atoms with Crippen LogP contribution in [0.25, 0.3) is 0 Å². The van der Waals surface area contributed by atoms with E-state index in [2.05, 4.69) is 47.7 Å². The van der Waals surface area contributed by atoms with Gasteiger partial charge in [-0.2, -0.15) is 0 Å². The van der Waals surface area contributed by atoms with E-state index in [4.69, 9.17) is 7.98 Å². The van der Waals surface area contributed by atoms with Crippen molar-refractivity contribution in [3.63, 3.8) is 0 Å². The number of hydrogen-bond donors (Lipinski definition) is 1. The molecule has 0 heterocycles. The second kappa shape index (κ2) is 12.9. The van der Waals surface area contributed by atoms with Gasteiger partial charge >= 0.3 is 7.55 Å². The van der Waals surface area contributed by atoms with Gasteiger partial charge in [-0.1, -0.05) is 42.5 Å². The first kappa shape index (κ1) is 15.8. The fourth-order valence-corrected chi connectivity index (χ4v) is 1.14. The van der Waals surface area contributed by atoms with Crippen molar-refractivity contribution in [2.24, 2.45) is 0 Å². The number of allylic oxidation sites excluding steroid dienone is 7. The van der Waals surface area contributed by atoms with E-state index < -0.39 is 0 Å². The van der Waals surface area contributed by atoms with Crippen LogP contribution in [0.5, 0.6) is 0 Å². The Morgan fingerprint density at radius 1 is 1.12 bits per heavy atom. The zero-order valence-corrected chi connectivity index (χ0v) is 10.8. The Morgan fingerprint density at radius 3 is 2.53 bits per heavy atom. The van der Waals surface area contributed by atoms with Gasteiger partial charge in [0.1, 0.15) is 0 Å². The predicted octanol–water partition coefficient (Wildman–Crippen LogP) is 2.50. The van der Waals surface area contributed by atoms with Crippen LogP contribution in [0.2, 0.25) is 0 Å². The largest absolute Gasteiger partial charge is 0.414 e. The first-order chi connectivity index (χ1) is 8.31. The molecule has 0 aliphatic carbocycles. The Morgan fingerprint density at radius 2 is 1.82 bits per heavy atom. The zero-order chi connectivity index (χ0) is 12.8. The van der Waals surface area contributed by atoms with Gasteiger partial charge in [0.2, 0.25) is 0 Å². The average molecular weight is 227 g/mol. The summed E-state index contributed by atoms with van der Waals surface area (Å²) in [5.41, 5.74) is 0. The summed E-state index contributed by atoms with van der Waals surface area (Å²) in [6.45, 7) is 2.03. The van der Waals surface area contributed by atoms with Crippen molar-refractivity contribution < 1.29 is 0 Å². The van der Waals surface area contributed by atoms with Gasteiger partial charge in [-0.25, -0.2) is 0 Å². The Hall–Kier alpha value is -1.15. The molecule has 2 nitrogen and oxygen atoms in total. The molecule has 0 atom stereocenters. The number of rotatable bonds is 9. The van der Waals surface area contributed by atoms with Crippen molar-refractivity contribution in [2.75, 3.05) is 7.05 Å². The summed E-state index contributed by atoms with van der Waals surface area (Å²) in [4.78, 5) is 1.88.